The van der Waals surface area contributed by atoms with Gasteiger partial charge in [-0.25, -0.2) is 0 Å². The van der Waals surface area contributed by atoms with Crippen molar-refractivity contribution in [3.05, 3.63) is 30.1 Å². The van der Waals surface area contributed by atoms with Gasteiger partial charge in [-0.2, -0.15) is 0 Å². The van der Waals surface area contributed by atoms with Crippen LogP contribution in [0.3, 0.4) is 0 Å². The summed E-state index contributed by atoms with van der Waals surface area (Å²) in [5.74, 6) is 1.35. The number of hydrogen-bond acceptors (Lipinski definition) is 2. The molecule has 1 saturated carbocycles. The third kappa shape index (κ3) is 1.26. The van der Waals surface area contributed by atoms with Crippen LogP contribution in [0.4, 0.5) is 0 Å². The van der Waals surface area contributed by atoms with Crippen molar-refractivity contribution in [2.45, 2.75) is 12.3 Å². The first-order chi connectivity index (χ1) is 5.42. The second kappa shape index (κ2) is 2.62. The lowest BCUT2D eigenvalue weighted by Crippen LogP contribution is -2.02. The molecule has 0 aliphatic heterocycles. The van der Waals surface area contributed by atoms with Gasteiger partial charge in [0.15, 0.2) is 0 Å². The maximum absolute atomic E-state index is 5.53. The van der Waals surface area contributed by atoms with E-state index in [0.29, 0.717) is 11.8 Å². The number of nitrogens with zero attached hydrogens (tertiary/aromatic N) is 1. The summed E-state index contributed by atoms with van der Waals surface area (Å²) in [7, 11) is 0. The molecular formula is C9H12N2. The Morgan fingerprint density at radius 3 is 3.00 bits per heavy atom. The van der Waals surface area contributed by atoms with Crippen LogP contribution in [0.1, 0.15) is 18.0 Å². The van der Waals surface area contributed by atoms with Crippen LogP contribution in [-0.4, -0.2) is 11.5 Å². The van der Waals surface area contributed by atoms with Crippen LogP contribution in [-0.2, 0) is 0 Å². The minimum atomic E-state index is 0.654. The van der Waals surface area contributed by atoms with Gasteiger partial charge in [0.05, 0.1) is 0 Å². The van der Waals surface area contributed by atoms with Gasteiger partial charge in [0.2, 0.25) is 0 Å². The van der Waals surface area contributed by atoms with Gasteiger partial charge in [-0.15, -0.1) is 0 Å². The Morgan fingerprint density at radius 1 is 1.55 bits per heavy atom. The molecule has 0 bridgehead atoms. The predicted octanol–water partition coefficient (Wildman–Crippen LogP) is 1.14. The van der Waals surface area contributed by atoms with Gasteiger partial charge in [-0.05, 0) is 31.0 Å². The summed E-state index contributed by atoms with van der Waals surface area (Å²) >= 11 is 0. The van der Waals surface area contributed by atoms with Gasteiger partial charge in [0, 0.05) is 17.8 Å². The topological polar surface area (TPSA) is 38.9 Å². The lowest BCUT2D eigenvalue weighted by atomic mass is 10.2. The second-order valence-corrected chi connectivity index (χ2v) is 3.09. The van der Waals surface area contributed by atoms with E-state index in [4.69, 9.17) is 5.73 Å². The lowest BCUT2D eigenvalue weighted by molar-refractivity contribution is 0.797. The van der Waals surface area contributed by atoms with Crippen molar-refractivity contribution in [1.82, 2.24) is 4.98 Å². The normalized spacial score (nSPS) is 28.5. The molecule has 2 N–H and O–H groups in total. The van der Waals surface area contributed by atoms with E-state index in [1.165, 1.54) is 12.1 Å². The molecule has 0 saturated heterocycles. The smallest absolute Gasteiger partial charge is 0.0437 e. The molecule has 1 fully saturated rings. The van der Waals surface area contributed by atoms with E-state index in [1.54, 1.807) is 0 Å². The fourth-order valence-electron chi connectivity index (χ4n) is 1.47. The first kappa shape index (κ1) is 6.80. The standard InChI is InChI=1S/C9H12N2/c10-6-7-5-8(7)9-3-1-2-4-11-9/h1-4,7-8H,5-6,10H2/t7-,8+/m1/s1. The van der Waals surface area contributed by atoms with E-state index in [-0.39, 0.29) is 0 Å². The van der Waals surface area contributed by atoms with Gasteiger partial charge < -0.3 is 5.73 Å². The highest BCUT2D eigenvalue weighted by molar-refractivity contribution is 5.17. The zero-order valence-corrected chi connectivity index (χ0v) is 6.40. The third-order valence-corrected chi connectivity index (χ3v) is 2.29. The molecule has 1 aliphatic carbocycles. The van der Waals surface area contributed by atoms with Crippen molar-refractivity contribution in [3.63, 3.8) is 0 Å². The van der Waals surface area contributed by atoms with Gasteiger partial charge in [0.25, 0.3) is 0 Å². The quantitative estimate of drug-likeness (QED) is 0.683. The maximum Gasteiger partial charge on any atom is 0.0437 e. The Bertz CT molecular complexity index is 233. The van der Waals surface area contributed by atoms with E-state index in [2.05, 4.69) is 11.1 Å². The predicted molar refractivity (Wildman–Crippen MR) is 44.1 cm³/mol. The molecule has 0 amide bonds. The maximum atomic E-state index is 5.53. The lowest BCUT2D eigenvalue weighted by Gasteiger charge is -1.95. The zero-order chi connectivity index (χ0) is 7.68. The largest absolute Gasteiger partial charge is 0.330 e. The van der Waals surface area contributed by atoms with E-state index >= 15 is 0 Å². The van der Waals surface area contributed by atoms with Gasteiger partial charge in [0.1, 0.15) is 0 Å². The molecule has 2 nitrogen and oxygen atoms in total. The summed E-state index contributed by atoms with van der Waals surface area (Å²) in [4.78, 5) is 4.28. The van der Waals surface area contributed by atoms with Crippen LogP contribution >= 0.6 is 0 Å². The molecule has 58 valence electrons. The molecule has 0 aromatic carbocycles. The Labute approximate surface area is 66.4 Å². The van der Waals surface area contributed by atoms with Gasteiger partial charge >= 0.3 is 0 Å². The molecule has 0 radical (unpaired) electrons. The Hall–Kier alpha value is -0.890. The number of rotatable bonds is 2. The number of aromatic nitrogens is 1. The van der Waals surface area contributed by atoms with Crippen molar-refractivity contribution < 1.29 is 0 Å². The minimum Gasteiger partial charge on any atom is -0.330 e. The molecule has 2 atom stereocenters. The Balaban J connectivity index is 2.09. The molecule has 2 heteroatoms. The summed E-state index contributed by atoms with van der Waals surface area (Å²) in [5.41, 5.74) is 6.74. The highest BCUT2D eigenvalue weighted by Gasteiger charge is 2.37. The number of nitrogens with two attached hydrogens (primary N) is 1. The summed E-state index contributed by atoms with van der Waals surface area (Å²) in [6, 6.07) is 6.07. The molecule has 1 aromatic heterocycles. The first-order valence-electron chi connectivity index (χ1n) is 4.03. The first-order valence-corrected chi connectivity index (χ1v) is 4.03. The van der Waals surface area contributed by atoms with Crippen LogP contribution in [0.25, 0.3) is 0 Å². The average molecular weight is 148 g/mol. The third-order valence-electron chi connectivity index (χ3n) is 2.29. The van der Waals surface area contributed by atoms with E-state index in [0.717, 1.165) is 6.54 Å². The molecule has 0 unspecified atom stereocenters. The molecule has 11 heavy (non-hydrogen) atoms. The molecule has 1 aliphatic rings. The highest BCUT2D eigenvalue weighted by atomic mass is 14.7. The van der Waals surface area contributed by atoms with E-state index < -0.39 is 0 Å². The van der Waals surface area contributed by atoms with Crippen molar-refractivity contribution in [2.24, 2.45) is 11.7 Å². The summed E-state index contributed by atoms with van der Waals surface area (Å²) in [6.45, 7) is 0.807. The fraction of sp³-hybridized carbons (Fsp3) is 0.444. The van der Waals surface area contributed by atoms with Crippen LogP contribution in [0, 0.1) is 5.92 Å². The van der Waals surface area contributed by atoms with Crippen LogP contribution < -0.4 is 5.73 Å². The molecular weight excluding hydrogens is 136 g/mol. The van der Waals surface area contributed by atoms with Crippen LogP contribution in [0.2, 0.25) is 0 Å². The number of pyridine rings is 1. The summed E-state index contributed by atoms with van der Waals surface area (Å²) < 4.78 is 0. The Morgan fingerprint density at radius 2 is 2.45 bits per heavy atom. The summed E-state index contributed by atoms with van der Waals surface area (Å²) in [5, 5.41) is 0. The van der Waals surface area contributed by atoms with Gasteiger partial charge in [-0.3, -0.25) is 4.98 Å². The van der Waals surface area contributed by atoms with Crippen molar-refractivity contribution in [1.29, 1.82) is 0 Å². The highest BCUT2D eigenvalue weighted by Crippen LogP contribution is 2.45. The molecule has 1 aromatic rings. The monoisotopic (exact) mass is 148 g/mol. The number of hydrogen-bond donors (Lipinski definition) is 1. The van der Waals surface area contributed by atoms with E-state index in [1.807, 2.05) is 18.3 Å². The Kier molecular flexibility index (Phi) is 1.62. The van der Waals surface area contributed by atoms with Crippen molar-refractivity contribution >= 4 is 0 Å². The zero-order valence-electron chi connectivity index (χ0n) is 6.40. The van der Waals surface area contributed by atoms with Crippen LogP contribution in [0.5, 0.6) is 0 Å². The summed E-state index contributed by atoms with van der Waals surface area (Å²) in [6.07, 6.45) is 3.08. The van der Waals surface area contributed by atoms with Gasteiger partial charge in [-0.1, -0.05) is 6.07 Å². The molecule has 1 heterocycles. The van der Waals surface area contributed by atoms with Crippen LogP contribution in [0.15, 0.2) is 24.4 Å². The SMILES string of the molecule is NC[C@H]1C[C@@H]1c1ccccn1. The molecule has 2 rings (SSSR count). The minimum absolute atomic E-state index is 0.654. The fourth-order valence-corrected chi connectivity index (χ4v) is 1.47. The second-order valence-electron chi connectivity index (χ2n) is 3.09. The van der Waals surface area contributed by atoms with Crippen molar-refractivity contribution in [2.75, 3.05) is 6.54 Å². The van der Waals surface area contributed by atoms with Crippen molar-refractivity contribution in [3.8, 4) is 0 Å². The molecule has 0 spiro atoms. The average Bonchev–Trinajstić information content (AvgIpc) is 2.85. The van der Waals surface area contributed by atoms with E-state index in [9.17, 15) is 0 Å².